The van der Waals surface area contributed by atoms with Crippen LogP contribution in [-0.2, 0) is 0 Å². The van der Waals surface area contributed by atoms with Crippen molar-refractivity contribution >= 4 is 28.3 Å². The summed E-state index contributed by atoms with van der Waals surface area (Å²) in [5.41, 5.74) is 8.73. The van der Waals surface area contributed by atoms with Gasteiger partial charge in [-0.25, -0.2) is 4.98 Å². The summed E-state index contributed by atoms with van der Waals surface area (Å²) < 4.78 is 6.27. The molecule has 0 aliphatic carbocycles. The van der Waals surface area contributed by atoms with Crippen LogP contribution in [-0.4, -0.2) is 4.98 Å². The molecule has 0 atom stereocenters. The van der Waals surface area contributed by atoms with E-state index in [-0.39, 0.29) is 0 Å². The number of oxazole rings is 1. The molecule has 2 rings (SSSR count). The Morgan fingerprint density at radius 3 is 2.86 bits per heavy atom. The number of halogens is 1. The molecule has 0 amide bonds. The van der Waals surface area contributed by atoms with E-state index in [9.17, 15) is 0 Å². The Kier molecular flexibility index (Phi) is 2.45. The third-order valence-corrected chi connectivity index (χ3v) is 2.98. The van der Waals surface area contributed by atoms with E-state index in [0.29, 0.717) is 0 Å². The minimum Gasteiger partial charge on any atom is -0.444 e. The highest BCUT2D eigenvalue weighted by atomic mass is 127. The number of hydrogen-bond donors (Lipinski definition) is 1. The Labute approximate surface area is 95.5 Å². The molecular formula is C10H9IN2O. The largest absolute Gasteiger partial charge is 0.444 e. The molecule has 72 valence electrons. The van der Waals surface area contributed by atoms with Crippen LogP contribution in [0, 0.1) is 10.5 Å². The third-order valence-electron chi connectivity index (χ3n) is 2.04. The van der Waals surface area contributed by atoms with Gasteiger partial charge in [0.2, 0.25) is 0 Å². The average Bonchev–Trinajstić information content (AvgIpc) is 2.64. The average molecular weight is 300 g/mol. The van der Waals surface area contributed by atoms with Gasteiger partial charge in [0, 0.05) is 14.8 Å². The molecule has 1 aromatic heterocycles. The highest BCUT2D eigenvalue weighted by Crippen LogP contribution is 2.28. The maximum absolute atomic E-state index is 5.79. The SMILES string of the molecule is Cc1cc(N)c(I)cc1-c1cnco1. The van der Waals surface area contributed by atoms with Crippen LogP contribution in [0.3, 0.4) is 0 Å². The van der Waals surface area contributed by atoms with Crippen molar-refractivity contribution < 1.29 is 4.42 Å². The second-order valence-corrected chi connectivity index (χ2v) is 4.22. The first-order valence-corrected chi connectivity index (χ1v) is 5.21. The standard InChI is InChI=1S/C10H9IN2O/c1-6-2-9(12)8(11)3-7(6)10-4-13-5-14-10/h2-5H,12H2,1H3. The van der Waals surface area contributed by atoms with Gasteiger partial charge in [-0.05, 0) is 47.2 Å². The maximum atomic E-state index is 5.79. The summed E-state index contributed by atoms with van der Waals surface area (Å²) in [5, 5.41) is 0. The molecule has 4 heteroatoms. The number of nitrogen functional groups attached to an aromatic ring is 1. The van der Waals surface area contributed by atoms with Crippen molar-refractivity contribution in [2.75, 3.05) is 5.73 Å². The van der Waals surface area contributed by atoms with E-state index in [0.717, 1.165) is 26.1 Å². The fourth-order valence-corrected chi connectivity index (χ4v) is 1.79. The van der Waals surface area contributed by atoms with Crippen LogP contribution in [0.5, 0.6) is 0 Å². The molecule has 2 N–H and O–H groups in total. The van der Waals surface area contributed by atoms with Gasteiger partial charge in [-0.2, -0.15) is 0 Å². The number of hydrogen-bond acceptors (Lipinski definition) is 3. The van der Waals surface area contributed by atoms with Crippen molar-refractivity contribution in [3.8, 4) is 11.3 Å². The summed E-state index contributed by atoms with van der Waals surface area (Å²) >= 11 is 2.20. The highest BCUT2D eigenvalue weighted by molar-refractivity contribution is 14.1. The second kappa shape index (κ2) is 3.61. The van der Waals surface area contributed by atoms with Gasteiger partial charge in [0.05, 0.1) is 6.20 Å². The first-order chi connectivity index (χ1) is 6.68. The van der Waals surface area contributed by atoms with Gasteiger partial charge < -0.3 is 10.2 Å². The zero-order valence-corrected chi connectivity index (χ0v) is 9.78. The third kappa shape index (κ3) is 1.61. The van der Waals surface area contributed by atoms with E-state index in [1.54, 1.807) is 6.20 Å². The fourth-order valence-electron chi connectivity index (χ4n) is 1.32. The lowest BCUT2D eigenvalue weighted by Gasteiger charge is -2.05. The van der Waals surface area contributed by atoms with Crippen LogP contribution < -0.4 is 5.73 Å². The van der Waals surface area contributed by atoms with Gasteiger partial charge >= 0.3 is 0 Å². The van der Waals surface area contributed by atoms with Gasteiger partial charge in [-0.3, -0.25) is 0 Å². The molecule has 0 spiro atoms. The minimum absolute atomic E-state index is 0.778. The van der Waals surface area contributed by atoms with E-state index < -0.39 is 0 Å². The Morgan fingerprint density at radius 1 is 1.43 bits per heavy atom. The summed E-state index contributed by atoms with van der Waals surface area (Å²) in [6.45, 7) is 2.00. The monoisotopic (exact) mass is 300 g/mol. The van der Waals surface area contributed by atoms with Gasteiger partial charge in [0.25, 0.3) is 0 Å². The molecule has 0 radical (unpaired) electrons. The lowest BCUT2D eigenvalue weighted by atomic mass is 10.1. The Balaban J connectivity index is 2.60. The normalized spacial score (nSPS) is 10.4. The van der Waals surface area contributed by atoms with E-state index >= 15 is 0 Å². The van der Waals surface area contributed by atoms with Crippen LogP contribution >= 0.6 is 22.6 Å². The maximum Gasteiger partial charge on any atom is 0.181 e. The molecule has 2 aromatic rings. The molecular weight excluding hydrogens is 291 g/mol. The van der Waals surface area contributed by atoms with E-state index in [4.69, 9.17) is 10.2 Å². The first-order valence-electron chi connectivity index (χ1n) is 4.13. The molecule has 0 unspecified atom stereocenters. The molecule has 14 heavy (non-hydrogen) atoms. The zero-order chi connectivity index (χ0) is 10.1. The van der Waals surface area contributed by atoms with Crippen LogP contribution in [0.15, 0.2) is 29.1 Å². The summed E-state index contributed by atoms with van der Waals surface area (Å²) in [5.74, 6) is 0.778. The van der Waals surface area contributed by atoms with Gasteiger partial charge in [0.15, 0.2) is 12.2 Å². The first kappa shape index (κ1) is 9.51. The van der Waals surface area contributed by atoms with Gasteiger partial charge in [0.1, 0.15) is 0 Å². The van der Waals surface area contributed by atoms with Crippen molar-refractivity contribution in [3.63, 3.8) is 0 Å². The predicted molar refractivity (Wildman–Crippen MR) is 63.8 cm³/mol. The van der Waals surface area contributed by atoms with Gasteiger partial charge in [-0.1, -0.05) is 0 Å². The van der Waals surface area contributed by atoms with Crippen molar-refractivity contribution in [2.24, 2.45) is 0 Å². The summed E-state index contributed by atoms with van der Waals surface area (Å²) in [6, 6.07) is 3.95. The number of aryl methyl sites for hydroxylation is 1. The van der Waals surface area contributed by atoms with Gasteiger partial charge in [-0.15, -0.1) is 0 Å². The minimum atomic E-state index is 0.778. The fraction of sp³-hybridized carbons (Fsp3) is 0.100. The summed E-state index contributed by atoms with van der Waals surface area (Å²) in [4.78, 5) is 3.89. The number of nitrogens with zero attached hydrogens (tertiary/aromatic N) is 1. The van der Waals surface area contributed by atoms with Crippen LogP contribution in [0.4, 0.5) is 5.69 Å². The number of nitrogens with two attached hydrogens (primary N) is 1. The zero-order valence-electron chi connectivity index (χ0n) is 7.62. The molecule has 0 fully saturated rings. The van der Waals surface area contributed by atoms with Crippen LogP contribution in [0.2, 0.25) is 0 Å². The quantitative estimate of drug-likeness (QED) is 0.651. The van der Waals surface area contributed by atoms with Crippen molar-refractivity contribution in [1.82, 2.24) is 4.98 Å². The molecule has 0 bridgehead atoms. The molecule has 0 aliphatic rings. The molecule has 1 heterocycles. The number of benzene rings is 1. The van der Waals surface area contributed by atoms with Crippen molar-refractivity contribution in [1.29, 1.82) is 0 Å². The lowest BCUT2D eigenvalue weighted by molar-refractivity contribution is 0.571. The topological polar surface area (TPSA) is 52.0 Å². The van der Waals surface area contributed by atoms with E-state index in [1.165, 1.54) is 6.39 Å². The van der Waals surface area contributed by atoms with Crippen molar-refractivity contribution in [3.05, 3.63) is 33.9 Å². The molecule has 0 saturated heterocycles. The molecule has 1 aromatic carbocycles. The highest BCUT2D eigenvalue weighted by Gasteiger charge is 2.07. The molecule has 0 saturated carbocycles. The Morgan fingerprint density at radius 2 is 2.21 bits per heavy atom. The number of anilines is 1. The second-order valence-electron chi connectivity index (χ2n) is 3.05. The Bertz CT molecular complexity index is 451. The lowest BCUT2D eigenvalue weighted by Crippen LogP contribution is -1.92. The van der Waals surface area contributed by atoms with E-state index in [2.05, 4.69) is 27.6 Å². The predicted octanol–water partition coefficient (Wildman–Crippen LogP) is 2.84. The number of rotatable bonds is 1. The summed E-state index contributed by atoms with van der Waals surface area (Å²) in [7, 11) is 0. The van der Waals surface area contributed by atoms with Crippen molar-refractivity contribution in [2.45, 2.75) is 6.92 Å². The summed E-state index contributed by atoms with van der Waals surface area (Å²) in [6.07, 6.45) is 3.13. The molecule has 0 aliphatic heterocycles. The van der Waals surface area contributed by atoms with E-state index in [1.807, 2.05) is 19.1 Å². The Hall–Kier alpha value is -1.04. The number of aromatic nitrogens is 1. The van der Waals surface area contributed by atoms with Crippen LogP contribution in [0.25, 0.3) is 11.3 Å². The van der Waals surface area contributed by atoms with Crippen LogP contribution in [0.1, 0.15) is 5.56 Å². The molecule has 3 nitrogen and oxygen atoms in total. The smallest absolute Gasteiger partial charge is 0.181 e.